The van der Waals surface area contributed by atoms with Gasteiger partial charge in [-0.1, -0.05) is 6.07 Å². The highest BCUT2D eigenvalue weighted by Gasteiger charge is 2.10. The largest absolute Gasteiger partial charge is 0.335 e. The van der Waals surface area contributed by atoms with E-state index in [0.29, 0.717) is 12.2 Å². The smallest absolute Gasteiger partial charge is 0.320 e. The van der Waals surface area contributed by atoms with Gasteiger partial charge in [-0.25, -0.2) is 9.78 Å². The van der Waals surface area contributed by atoms with Gasteiger partial charge in [0.15, 0.2) is 0 Å². The molecule has 0 spiro atoms. The number of rotatable bonds is 4. The zero-order chi connectivity index (χ0) is 14.5. The number of amides is 2. The molecule has 0 bridgehead atoms. The molecule has 0 saturated heterocycles. The number of hydrogen-bond acceptors (Lipinski definition) is 3. The molecule has 20 heavy (non-hydrogen) atoms. The minimum absolute atomic E-state index is 0.0110. The highest BCUT2D eigenvalue weighted by Crippen LogP contribution is 2.05. The normalized spacial score (nSPS) is 11.9. The number of nitrogens with zero attached hydrogens (tertiary/aromatic N) is 2. The lowest BCUT2D eigenvalue weighted by Gasteiger charge is -2.13. The summed E-state index contributed by atoms with van der Waals surface area (Å²) in [5.74, 6) is 0.538. The molecule has 6 heteroatoms. The van der Waals surface area contributed by atoms with Crippen LogP contribution in [0.2, 0.25) is 0 Å². The van der Waals surface area contributed by atoms with Crippen LogP contribution in [0, 0.1) is 13.8 Å². The van der Waals surface area contributed by atoms with Crippen molar-refractivity contribution >= 4 is 11.8 Å². The summed E-state index contributed by atoms with van der Waals surface area (Å²) < 4.78 is 0. The van der Waals surface area contributed by atoms with Gasteiger partial charge < -0.3 is 5.32 Å². The lowest BCUT2D eigenvalue weighted by atomic mass is 10.2. The van der Waals surface area contributed by atoms with Crippen LogP contribution in [-0.4, -0.2) is 27.3 Å². The molecule has 2 aromatic heterocycles. The van der Waals surface area contributed by atoms with Crippen LogP contribution in [0.1, 0.15) is 23.9 Å². The molecule has 2 heterocycles. The second-order valence-corrected chi connectivity index (χ2v) is 4.97. The number of nitrogens with one attached hydrogen (secondary N) is 3. The van der Waals surface area contributed by atoms with Crippen molar-refractivity contribution in [3.63, 3.8) is 0 Å². The summed E-state index contributed by atoms with van der Waals surface area (Å²) in [7, 11) is 0. The Morgan fingerprint density at radius 3 is 2.80 bits per heavy atom. The standard InChI is InChI=1S/C14H19N5O/c1-9-4-5-13(15-8-9)17-14(20)16-10(2)6-12-7-11(3)18-19-12/h4-5,7-8,10H,6H2,1-3H3,(H,18,19)(H2,15,16,17,20). The first-order valence-electron chi connectivity index (χ1n) is 6.54. The minimum Gasteiger partial charge on any atom is -0.335 e. The summed E-state index contributed by atoms with van der Waals surface area (Å²) in [5, 5.41) is 12.6. The maximum atomic E-state index is 11.8. The van der Waals surface area contributed by atoms with Crippen molar-refractivity contribution in [2.45, 2.75) is 33.2 Å². The molecule has 0 aliphatic carbocycles. The zero-order valence-electron chi connectivity index (χ0n) is 11.9. The Kier molecular flexibility index (Phi) is 4.34. The first kappa shape index (κ1) is 14.0. The summed E-state index contributed by atoms with van der Waals surface area (Å²) in [6.45, 7) is 5.83. The zero-order valence-corrected chi connectivity index (χ0v) is 11.9. The highest BCUT2D eigenvalue weighted by atomic mass is 16.2. The Bertz CT molecular complexity index is 576. The van der Waals surface area contributed by atoms with E-state index in [1.54, 1.807) is 12.3 Å². The molecule has 0 saturated carbocycles. The predicted octanol–water partition coefficient (Wildman–Crippen LogP) is 2.17. The maximum absolute atomic E-state index is 11.8. The molecule has 0 aliphatic rings. The van der Waals surface area contributed by atoms with Gasteiger partial charge >= 0.3 is 6.03 Å². The van der Waals surface area contributed by atoms with Gasteiger partial charge in [-0.15, -0.1) is 0 Å². The van der Waals surface area contributed by atoms with E-state index in [-0.39, 0.29) is 12.1 Å². The van der Waals surface area contributed by atoms with E-state index in [9.17, 15) is 4.79 Å². The third-order valence-electron chi connectivity index (χ3n) is 2.80. The van der Waals surface area contributed by atoms with Crippen LogP contribution in [0.3, 0.4) is 0 Å². The topological polar surface area (TPSA) is 82.7 Å². The van der Waals surface area contributed by atoms with Gasteiger partial charge in [-0.05, 0) is 38.5 Å². The molecule has 0 fully saturated rings. The number of anilines is 1. The van der Waals surface area contributed by atoms with Crippen LogP contribution < -0.4 is 10.6 Å². The average molecular weight is 273 g/mol. The Morgan fingerprint density at radius 2 is 2.20 bits per heavy atom. The second-order valence-electron chi connectivity index (χ2n) is 4.97. The van der Waals surface area contributed by atoms with Gasteiger partial charge in [0, 0.05) is 24.4 Å². The SMILES string of the molecule is Cc1ccc(NC(=O)NC(C)Cc2cc(C)[nH]n2)nc1. The molecular weight excluding hydrogens is 254 g/mol. The van der Waals surface area contributed by atoms with Crippen LogP contribution >= 0.6 is 0 Å². The number of aromatic amines is 1. The molecule has 0 aromatic carbocycles. The number of urea groups is 1. The van der Waals surface area contributed by atoms with Crippen molar-refractivity contribution < 1.29 is 4.79 Å². The molecule has 6 nitrogen and oxygen atoms in total. The molecule has 0 aliphatic heterocycles. The number of aryl methyl sites for hydroxylation is 2. The molecule has 1 atom stereocenters. The molecule has 2 aromatic rings. The molecular formula is C14H19N5O. The van der Waals surface area contributed by atoms with Crippen LogP contribution in [0.15, 0.2) is 24.4 Å². The van der Waals surface area contributed by atoms with Crippen LogP contribution in [0.4, 0.5) is 10.6 Å². The number of H-pyrrole nitrogens is 1. The second kappa shape index (κ2) is 6.18. The Morgan fingerprint density at radius 1 is 1.40 bits per heavy atom. The van der Waals surface area contributed by atoms with Crippen LogP contribution in [-0.2, 0) is 6.42 Å². The van der Waals surface area contributed by atoms with E-state index >= 15 is 0 Å². The van der Waals surface area contributed by atoms with E-state index in [4.69, 9.17) is 0 Å². The van der Waals surface area contributed by atoms with Gasteiger partial charge in [0.2, 0.25) is 0 Å². The monoisotopic (exact) mass is 273 g/mol. The summed E-state index contributed by atoms with van der Waals surface area (Å²) in [6.07, 6.45) is 2.39. The molecule has 2 amide bonds. The van der Waals surface area contributed by atoms with Crippen molar-refractivity contribution in [3.8, 4) is 0 Å². The van der Waals surface area contributed by atoms with Crippen molar-refractivity contribution in [1.29, 1.82) is 0 Å². The van der Waals surface area contributed by atoms with Crippen molar-refractivity contribution in [3.05, 3.63) is 41.3 Å². The van der Waals surface area contributed by atoms with E-state index in [1.165, 1.54) is 0 Å². The fourth-order valence-corrected chi connectivity index (χ4v) is 1.86. The van der Waals surface area contributed by atoms with Crippen molar-refractivity contribution in [2.24, 2.45) is 0 Å². The Labute approximate surface area is 118 Å². The highest BCUT2D eigenvalue weighted by molar-refractivity contribution is 5.88. The average Bonchev–Trinajstić information content (AvgIpc) is 2.77. The van der Waals surface area contributed by atoms with Gasteiger partial charge in [-0.3, -0.25) is 10.4 Å². The van der Waals surface area contributed by atoms with E-state index in [1.807, 2.05) is 32.9 Å². The van der Waals surface area contributed by atoms with Crippen molar-refractivity contribution in [1.82, 2.24) is 20.5 Å². The quantitative estimate of drug-likeness (QED) is 0.798. The van der Waals surface area contributed by atoms with Gasteiger partial charge in [-0.2, -0.15) is 5.10 Å². The fraction of sp³-hybridized carbons (Fsp3) is 0.357. The number of carbonyl (C=O) groups excluding carboxylic acids is 1. The van der Waals surface area contributed by atoms with Gasteiger partial charge in [0.1, 0.15) is 5.82 Å². The third kappa shape index (κ3) is 4.08. The van der Waals surface area contributed by atoms with Crippen LogP contribution in [0.5, 0.6) is 0 Å². The van der Waals surface area contributed by atoms with Gasteiger partial charge in [0.25, 0.3) is 0 Å². The maximum Gasteiger partial charge on any atom is 0.320 e. The Balaban J connectivity index is 1.83. The first-order valence-corrected chi connectivity index (χ1v) is 6.54. The van der Waals surface area contributed by atoms with E-state index < -0.39 is 0 Å². The first-order chi connectivity index (χ1) is 9.52. The number of carbonyl (C=O) groups is 1. The fourth-order valence-electron chi connectivity index (χ4n) is 1.86. The third-order valence-corrected chi connectivity index (χ3v) is 2.80. The molecule has 3 N–H and O–H groups in total. The van der Waals surface area contributed by atoms with E-state index in [0.717, 1.165) is 17.0 Å². The Hall–Kier alpha value is -2.37. The van der Waals surface area contributed by atoms with Gasteiger partial charge in [0.05, 0.1) is 5.69 Å². The number of hydrogen-bond donors (Lipinski definition) is 3. The molecule has 2 rings (SSSR count). The summed E-state index contributed by atoms with van der Waals surface area (Å²) in [5.41, 5.74) is 3.00. The summed E-state index contributed by atoms with van der Waals surface area (Å²) in [4.78, 5) is 15.9. The minimum atomic E-state index is -0.263. The molecule has 1 unspecified atom stereocenters. The molecule has 0 radical (unpaired) electrons. The summed E-state index contributed by atoms with van der Waals surface area (Å²) in [6, 6.07) is 5.37. The van der Waals surface area contributed by atoms with E-state index in [2.05, 4.69) is 25.8 Å². The number of pyridine rings is 1. The summed E-state index contributed by atoms with van der Waals surface area (Å²) >= 11 is 0. The predicted molar refractivity (Wildman–Crippen MR) is 77.6 cm³/mol. The van der Waals surface area contributed by atoms with Crippen molar-refractivity contribution in [2.75, 3.05) is 5.32 Å². The molecule has 106 valence electrons. The lowest BCUT2D eigenvalue weighted by molar-refractivity contribution is 0.249. The number of aromatic nitrogens is 3. The van der Waals surface area contributed by atoms with Crippen LogP contribution in [0.25, 0.3) is 0 Å². The lowest BCUT2D eigenvalue weighted by Crippen LogP contribution is -2.37.